The Morgan fingerprint density at radius 2 is 1.93 bits per heavy atom. The maximum absolute atomic E-state index is 13.1. The Hall–Kier alpha value is -1.96. The van der Waals surface area contributed by atoms with Gasteiger partial charge in [0.05, 0.1) is 23.4 Å². The molecule has 6 nitrogen and oxygen atoms in total. The van der Waals surface area contributed by atoms with Gasteiger partial charge in [0, 0.05) is 30.9 Å². The van der Waals surface area contributed by atoms with Crippen LogP contribution in [0.5, 0.6) is 0 Å². The largest absolute Gasteiger partial charge is 0.336 e. The summed E-state index contributed by atoms with van der Waals surface area (Å²) in [5, 5.41) is 0.515. The zero-order valence-electron chi connectivity index (χ0n) is 15.4. The second-order valence-electron chi connectivity index (χ2n) is 7.55. The van der Waals surface area contributed by atoms with E-state index in [-0.39, 0.29) is 18.2 Å². The molecular weight excluding hydrogens is 398 g/mol. The van der Waals surface area contributed by atoms with Crippen molar-refractivity contribution in [3.05, 3.63) is 64.9 Å². The highest BCUT2D eigenvalue weighted by Crippen LogP contribution is 2.42. The molecule has 2 saturated heterocycles. The number of hydrogen-bond acceptors (Lipinski definition) is 4. The van der Waals surface area contributed by atoms with E-state index in [9.17, 15) is 13.2 Å². The van der Waals surface area contributed by atoms with Gasteiger partial charge in [-0.3, -0.25) is 9.78 Å². The van der Waals surface area contributed by atoms with Crippen molar-refractivity contribution < 1.29 is 13.2 Å². The van der Waals surface area contributed by atoms with Gasteiger partial charge in [-0.05, 0) is 42.7 Å². The van der Waals surface area contributed by atoms with Crippen molar-refractivity contribution in [3.8, 4) is 0 Å². The summed E-state index contributed by atoms with van der Waals surface area (Å²) < 4.78 is 27.2. The molecule has 1 unspecified atom stereocenters. The highest BCUT2D eigenvalue weighted by molar-refractivity contribution is 7.88. The van der Waals surface area contributed by atoms with Gasteiger partial charge in [-0.1, -0.05) is 29.8 Å². The first kappa shape index (κ1) is 19.4. The SMILES string of the molecule is O=C1N(Cc2ccccn2)CCC12CCN(S(=O)(=O)Cc1cccc(Cl)c1)C2. The Kier molecular flexibility index (Phi) is 5.16. The molecule has 1 amide bonds. The van der Waals surface area contributed by atoms with E-state index in [1.165, 1.54) is 4.31 Å². The zero-order valence-corrected chi connectivity index (χ0v) is 17.0. The smallest absolute Gasteiger partial charge is 0.230 e. The number of hydrogen-bond donors (Lipinski definition) is 0. The summed E-state index contributed by atoms with van der Waals surface area (Å²) >= 11 is 5.97. The minimum absolute atomic E-state index is 0.0404. The number of nitrogens with zero attached hydrogens (tertiary/aromatic N) is 3. The number of benzene rings is 1. The molecule has 0 saturated carbocycles. The van der Waals surface area contributed by atoms with Crippen LogP contribution in [0.15, 0.2) is 48.7 Å². The average molecular weight is 420 g/mol. The molecule has 2 aliphatic rings. The molecule has 2 fully saturated rings. The number of likely N-dealkylation sites (tertiary alicyclic amines) is 1. The van der Waals surface area contributed by atoms with Gasteiger partial charge in [0.2, 0.25) is 15.9 Å². The summed E-state index contributed by atoms with van der Waals surface area (Å²) in [5.41, 5.74) is 0.898. The Morgan fingerprint density at radius 3 is 2.68 bits per heavy atom. The highest BCUT2D eigenvalue weighted by Gasteiger charge is 2.52. The molecule has 148 valence electrons. The van der Waals surface area contributed by atoms with Gasteiger partial charge in [0.15, 0.2) is 0 Å². The van der Waals surface area contributed by atoms with Gasteiger partial charge in [-0.25, -0.2) is 12.7 Å². The first-order valence-corrected chi connectivity index (χ1v) is 11.3. The number of rotatable bonds is 5. The lowest BCUT2D eigenvalue weighted by Crippen LogP contribution is -2.38. The lowest BCUT2D eigenvalue weighted by molar-refractivity contribution is -0.135. The molecule has 3 heterocycles. The first-order valence-electron chi connectivity index (χ1n) is 9.30. The maximum Gasteiger partial charge on any atom is 0.230 e. The molecule has 4 rings (SSSR count). The van der Waals surface area contributed by atoms with Crippen molar-refractivity contribution in [2.24, 2.45) is 5.41 Å². The summed E-state index contributed by atoms with van der Waals surface area (Å²) in [6, 6.07) is 12.5. The number of halogens is 1. The standard InChI is InChI=1S/C20H22ClN3O3S/c21-17-5-3-4-16(12-17)14-28(26,27)24-11-8-20(15-24)7-10-23(19(20)25)13-18-6-1-2-9-22-18/h1-6,9,12H,7-8,10-11,13-15H2. The monoisotopic (exact) mass is 419 g/mol. The van der Waals surface area contributed by atoms with E-state index in [2.05, 4.69) is 4.98 Å². The van der Waals surface area contributed by atoms with Crippen LogP contribution in [-0.4, -0.2) is 48.1 Å². The van der Waals surface area contributed by atoms with Crippen LogP contribution >= 0.6 is 11.6 Å². The van der Waals surface area contributed by atoms with Gasteiger partial charge in [0.1, 0.15) is 0 Å². The maximum atomic E-state index is 13.1. The minimum atomic E-state index is -3.50. The van der Waals surface area contributed by atoms with E-state index in [0.29, 0.717) is 43.1 Å². The summed E-state index contributed by atoms with van der Waals surface area (Å²) in [6.45, 7) is 1.74. The lowest BCUT2D eigenvalue weighted by Gasteiger charge is -2.23. The number of carbonyl (C=O) groups is 1. The molecule has 1 aromatic carbocycles. The Bertz CT molecular complexity index is 983. The second kappa shape index (κ2) is 7.46. The Labute approximate surface area is 170 Å². The van der Waals surface area contributed by atoms with Gasteiger partial charge < -0.3 is 4.90 Å². The van der Waals surface area contributed by atoms with Crippen LogP contribution in [0.3, 0.4) is 0 Å². The van der Waals surface area contributed by atoms with Crippen LogP contribution in [0.2, 0.25) is 5.02 Å². The van der Waals surface area contributed by atoms with Gasteiger partial charge >= 0.3 is 0 Å². The highest BCUT2D eigenvalue weighted by atomic mass is 35.5. The van der Waals surface area contributed by atoms with Crippen molar-refractivity contribution in [2.45, 2.75) is 25.1 Å². The van der Waals surface area contributed by atoms with Crippen molar-refractivity contribution in [3.63, 3.8) is 0 Å². The topological polar surface area (TPSA) is 70.6 Å². The van der Waals surface area contributed by atoms with Crippen molar-refractivity contribution >= 4 is 27.5 Å². The summed E-state index contributed by atoms with van der Waals surface area (Å²) in [5.74, 6) is -0.0613. The molecule has 0 N–H and O–H groups in total. The van der Waals surface area contributed by atoms with Gasteiger partial charge in [-0.2, -0.15) is 0 Å². The fourth-order valence-electron chi connectivity index (χ4n) is 4.11. The van der Waals surface area contributed by atoms with Crippen LogP contribution in [0.25, 0.3) is 0 Å². The van der Waals surface area contributed by atoms with Gasteiger partial charge in [0.25, 0.3) is 0 Å². The molecule has 1 atom stereocenters. The predicted octanol–water partition coefficient (Wildman–Crippen LogP) is 2.69. The van der Waals surface area contributed by atoms with Gasteiger partial charge in [-0.15, -0.1) is 0 Å². The molecule has 1 aromatic heterocycles. The normalized spacial score (nSPS) is 23.0. The summed E-state index contributed by atoms with van der Waals surface area (Å²) in [4.78, 5) is 19.2. The van der Waals surface area contributed by atoms with E-state index in [1.54, 1.807) is 35.4 Å². The van der Waals surface area contributed by atoms with Crippen LogP contribution in [0, 0.1) is 5.41 Å². The Balaban J connectivity index is 1.45. The summed E-state index contributed by atoms with van der Waals surface area (Å²) in [6.07, 6.45) is 2.96. The van der Waals surface area contributed by atoms with Crippen molar-refractivity contribution in [1.82, 2.24) is 14.2 Å². The molecular formula is C20H22ClN3O3S. The van der Waals surface area contributed by atoms with Crippen molar-refractivity contribution in [2.75, 3.05) is 19.6 Å². The van der Waals surface area contributed by atoms with E-state index in [4.69, 9.17) is 11.6 Å². The lowest BCUT2D eigenvalue weighted by atomic mass is 9.86. The number of pyridine rings is 1. The molecule has 28 heavy (non-hydrogen) atoms. The molecule has 2 aromatic rings. The molecule has 0 bridgehead atoms. The fraction of sp³-hybridized carbons (Fsp3) is 0.400. The molecule has 1 spiro atoms. The molecule has 0 radical (unpaired) electrons. The third-order valence-corrected chi connectivity index (χ3v) is 7.66. The number of amides is 1. The molecule has 8 heteroatoms. The van der Waals surface area contributed by atoms with Crippen molar-refractivity contribution in [1.29, 1.82) is 0 Å². The van der Waals surface area contributed by atoms with E-state index in [1.807, 2.05) is 18.2 Å². The van der Waals surface area contributed by atoms with Crippen LogP contribution in [0.1, 0.15) is 24.1 Å². The third-order valence-electron chi connectivity index (χ3n) is 5.63. The van der Waals surface area contributed by atoms with E-state index >= 15 is 0 Å². The number of aromatic nitrogens is 1. The Morgan fingerprint density at radius 1 is 1.11 bits per heavy atom. The average Bonchev–Trinajstić information content (AvgIpc) is 3.23. The number of carbonyl (C=O) groups excluding carboxylic acids is 1. The molecule has 0 aliphatic carbocycles. The number of sulfonamides is 1. The van der Waals surface area contributed by atoms with Crippen LogP contribution in [-0.2, 0) is 27.1 Å². The first-order chi connectivity index (χ1) is 13.4. The predicted molar refractivity (Wildman–Crippen MR) is 107 cm³/mol. The van der Waals surface area contributed by atoms with E-state index in [0.717, 1.165) is 5.69 Å². The van der Waals surface area contributed by atoms with Crippen LogP contribution < -0.4 is 0 Å². The zero-order chi connectivity index (χ0) is 19.8. The summed E-state index contributed by atoms with van der Waals surface area (Å²) in [7, 11) is -3.50. The fourth-order valence-corrected chi connectivity index (χ4v) is 5.92. The third kappa shape index (κ3) is 3.79. The second-order valence-corrected chi connectivity index (χ2v) is 9.95. The quantitative estimate of drug-likeness (QED) is 0.747. The van der Waals surface area contributed by atoms with Crippen LogP contribution in [0.4, 0.5) is 0 Å². The molecule has 2 aliphatic heterocycles. The van der Waals surface area contributed by atoms with E-state index < -0.39 is 15.4 Å². The minimum Gasteiger partial charge on any atom is -0.336 e.